The van der Waals surface area contributed by atoms with Crippen LogP contribution in [0.2, 0.25) is 0 Å². The first-order valence-corrected chi connectivity index (χ1v) is 8.90. The first-order valence-electron chi connectivity index (χ1n) is 8.90. The number of hydrazone groups is 1. The molecule has 0 saturated heterocycles. The molecule has 0 unspecified atom stereocenters. The van der Waals surface area contributed by atoms with Crippen molar-refractivity contribution in [3.63, 3.8) is 0 Å². The molecule has 8 heteroatoms. The average molecular weight is 374 g/mol. The third-order valence-electron chi connectivity index (χ3n) is 4.19. The van der Waals surface area contributed by atoms with Crippen LogP contribution in [0.15, 0.2) is 66.2 Å². The quantitative estimate of drug-likeness (QED) is 0.403. The van der Waals surface area contributed by atoms with E-state index in [-0.39, 0.29) is 6.04 Å². The summed E-state index contributed by atoms with van der Waals surface area (Å²) in [4.78, 5) is 27.6. The number of hydrogen-bond acceptors (Lipinski definition) is 5. The highest BCUT2D eigenvalue weighted by Gasteiger charge is 2.26. The topological polar surface area (TPSA) is 101 Å². The Hall–Kier alpha value is -3.81. The fourth-order valence-electron chi connectivity index (χ4n) is 2.61. The minimum absolute atomic E-state index is 0.114. The maximum atomic E-state index is 11.8. The summed E-state index contributed by atoms with van der Waals surface area (Å²) in [5, 5.41) is 11.2. The Morgan fingerprint density at radius 2 is 1.93 bits per heavy atom. The summed E-state index contributed by atoms with van der Waals surface area (Å²) < 4.78 is 1.73. The molecule has 1 fully saturated rings. The molecule has 0 spiro atoms. The third-order valence-corrected chi connectivity index (χ3v) is 4.19. The van der Waals surface area contributed by atoms with Gasteiger partial charge in [0.2, 0.25) is 0 Å². The molecule has 4 rings (SSSR count). The average Bonchev–Trinajstić information content (AvgIpc) is 3.45. The van der Waals surface area contributed by atoms with E-state index in [2.05, 4.69) is 25.9 Å². The lowest BCUT2D eigenvalue weighted by atomic mass is 10.1. The van der Waals surface area contributed by atoms with Gasteiger partial charge in [-0.3, -0.25) is 14.6 Å². The Morgan fingerprint density at radius 3 is 2.64 bits per heavy atom. The molecule has 1 aromatic carbocycles. The summed E-state index contributed by atoms with van der Waals surface area (Å²) in [6, 6.07) is 13.5. The van der Waals surface area contributed by atoms with E-state index in [1.54, 1.807) is 23.3 Å². The van der Waals surface area contributed by atoms with Crippen molar-refractivity contribution in [2.24, 2.45) is 5.10 Å². The number of carbonyl (C=O) groups excluding carboxylic acids is 2. The molecule has 0 atom stereocenters. The number of nitrogens with one attached hydrogen (secondary N) is 2. The lowest BCUT2D eigenvalue weighted by molar-refractivity contribution is -0.139. The first-order chi connectivity index (χ1) is 13.7. The van der Waals surface area contributed by atoms with Crippen molar-refractivity contribution >= 4 is 18.0 Å². The summed E-state index contributed by atoms with van der Waals surface area (Å²) in [5.74, 6) is -1.46. The van der Waals surface area contributed by atoms with Gasteiger partial charge in [0.1, 0.15) is 5.69 Å². The fourth-order valence-corrected chi connectivity index (χ4v) is 2.61. The Labute approximate surface area is 161 Å². The summed E-state index contributed by atoms with van der Waals surface area (Å²) in [7, 11) is 0. The number of rotatable bonds is 5. The lowest BCUT2D eigenvalue weighted by Crippen LogP contribution is -2.38. The summed E-state index contributed by atoms with van der Waals surface area (Å²) in [5.41, 5.74) is 5.31. The smallest absolute Gasteiger partial charge is 0.329 e. The van der Waals surface area contributed by atoms with Crippen molar-refractivity contribution in [1.82, 2.24) is 25.5 Å². The predicted molar refractivity (Wildman–Crippen MR) is 104 cm³/mol. The van der Waals surface area contributed by atoms with E-state index in [0.717, 1.165) is 24.1 Å². The van der Waals surface area contributed by atoms with Gasteiger partial charge in [-0.05, 0) is 37.1 Å². The van der Waals surface area contributed by atoms with E-state index >= 15 is 0 Å². The van der Waals surface area contributed by atoms with Gasteiger partial charge in [-0.2, -0.15) is 10.2 Å². The lowest BCUT2D eigenvalue weighted by Gasteiger charge is -2.00. The molecule has 1 saturated carbocycles. The molecular formula is C20H18N6O2. The van der Waals surface area contributed by atoms with Crippen molar-refractivity contribution in [2.75, 3.05) is 0 Å². The summed E-state index contributed by atoms with van der Waals surface area (Å²) in [6.07, 6.45) is 8.49. The van der Waals surface area contributed by atoms with Gasteiger partial charge in [0.25, 0.3) is 0 Å². The van der Waals surface area contributed by atoms with Crippen LogP contribution < -0.4 is 10.7 Å². The summed E-state index contributed by atoms with van der Waals surface area (Å²) >= 11 is 0. The molecule has 2 aromatic heterocycles. The van der Waals surface area contributed by atoms with E-state index < -0.39 is 11.8 Å². The van der Waals surface area contributed by atoms with Crippen LogP contribution in [0, 0.1) is 0 Å². The molecule has 2 heterocycles. The number of hydrogen-bond donors (Lipinski definition) is 2. The van der Waals surface area contributed by atoms with Gasteiger partial charge in [0.05, 0.1) is 11.9 Å². The van der Waals surface area contributed by atoms with Gasteiger partial charge in [-0.15, -0.1) is 0 Å². The van der Waals surface area contributed by atoms with Crippen molar-refractivity contribution in [2.45, 2.75) is 18.9 Å². The zero-order valence-corrected chi connectivity index (χ0v) is 14.9. The number of para-hydroxylation sites is 1. The van der Waals surface area contributed by atoms with Gasteiger partial charge < -0.3 is 5.32 Å². The Morgan fingerprint density at radius 1 is 1.11 bits per heavy atom. The van der Waals surface area contributed by atoms with E-state index in [0.29, 0.717) is 11.3 Å². The Bertz CT molecular complexity index is 1010. The molecule has 0 aliphatic heterocycles. The minimum Gasteiger partial charge on any atom is -0.345 e. The fraction of sp³-hybridized carbons (Fsp3) is 0.150. The second-order valence-corrected chi connectivity index (χ2v) is 6.40. The highest BCUT2D eigenvalue weighted by atomic mass is 16.2. The van der Waals surface area contributed by atoms with Crippen LogP contribution in [0.25, 0.3) is 16.9 Å². The summed E-state index contributed by atoms with van der Waals surface area (Å²) in [6.45, 7) is 0. The predicted octanol–water partition coefficient (Wildman–Crippen LogP) is 1.66. The normalized spacial score (nSPS) is 13.4. The van der Waals surface area contributed by atoms with E-state index in [1.165, 1.54) is 6.21 Å². The molecule has 1 aliphatic carbocycles. The third kappa shape index (κ3) is 4.12. The van der Waals surface area contributed by atoms with Gasteiger partial charge in [0.15, 0.2) is 0 Å². The first kappa shape index (κ1) is 17.6. The maximum Gasteiger partial charge on any atom is 0.329 e. The van der Waals surface area contributed by atoms with Crippen LogP contribution in [-0.2, 0) is 9.59 Å². The SMILES string of the molecule is O=C(N/N=C\c1cn(-c2ccccc2)nc1-c1cccnc1)C(=O)NC1CC1. The van der Waals surface area contributed by atoms with Crippen LogP contribution in [0.1, 0.15) is 18.4 Å². The highest BCUT2D eigenvalue weighted by molar-refractivity contribution is 6.35. The van der Waals surface area contributed by atoms with E-state index in [4.69, 9.17) is 0 Å². The van der Waals surface area contributed by atoms with Gasteiger partial charge in [-0.25, -0.2) is 10.1 Å². The zero-order valence-electron chi connectivity index (χ0n) is 14.9. The minimum atomic E-state index is -0.790. The molecule has 28 heavy (non-hydrogen) atoms. The van der Waals surface area contributed by atoms with E-state index in [1.807, 2.05) is 42.5 Å². The van der Waals surface area contributed by atoms with Crippen LogP contribution in [-0.4, -0.2) is 38.8 Å². The molecule has 140 valence electrons. The molecular weight excluding hydrogens is 356 g/mol. The van der Waals surface area contributed by atoms with Gasteiger partial charge in [0, 0.05) is 35.8 Å². The molecule has 2 N–H and O–H groups in total. The second-order valence-electron chi connectivity index (χ2n) is 6.40. The number of benzene rings is 1. The van der Waals surface area contributed by atoms with Crippen LogP contribution in [0.5, 0.6) is 0 Å². The van der Waals surface area contributed by atoms with Crippen LogP contribution in [0.3, 0.4) is 0 Å². The molecule has 8 nitrogen and oxygen atoms in total. The van der Waals surface area contributed by atoms with Gasteiger partial charge >= 0.3 is 11.8 Å². The van der Waals surface area contributed by atoms with Crippen LogP contribution in [0.4, 0.5) is 0 Å². The number of nitrogens with zero attached hydrogens (tertiary/aromatic N) is 4. The standard InChI is InChI=1S/C20H18N6O2/c27-19(23-16-8-9-16)20(28)24-22-12-15-13-26(17-6-2-1-3-7-17)25-18(15)14-5-4-10-21-11-14/h1-7,10-13,16H,8-9H2,(H,23,27)(H,24,28)/b22-12-. The van der Waals surface area contributed by atoms with Crippen molar-refractivity contribution < 1.29 is 9.59 Å². The molecule has 0 bridgehead atoms. The molecule has 2 amide bonds. The van der Waals surface area contributed by atoms with Gasteiger partial charge in [-0.1, -0.05) is 18.2 Å². The van der Waals surface area contributed by atoms with Crippen molar-refractivity contribution in [3.8, 4) is 16.9 Å². The highest BCUT2D eigenvalue weighted by Crippen LogP contribution is 2.21. The molecule has 3 aromatic rings. The van der Waals surface area contributed by atoms with Crippen molar-refractivity contribution in [3.05, 3.63) is 66.6 Å². The molecule has 1 aliphatic rings. The number of pyridine rings is 1. The second kappa shape index (κ2) is 7.83. The van der Waals surface area contributed by atoms with Crippen LogP contribution >= 0.6 is 0 Å². The maximum absolute atomic E-state index is 11.8. The zero-order chi connectivity index (χ0) is 19.3. The van der Waals surface area contributed by atoms with E-state index in [9.17, 15) is 9.59 Å². The monoisotopic (exact) mass is 374 g/mol. The Kier molecular flexibility index (Phi) is 4.92. The largest absolute Gasteiger partial charge is 0.345 e. The Balaban J connectivity index is 1.57. The number of amides is 2. The molecule has 0 radical (unpaired) electrons. The number of carbonyl (C=O) groups is 2. The number of aromatic nitrogens is 3. The van der Waals surface area contributed by atoms with Crippen molar-refractivity contribution in [1.29, 1.82) is 0 Å².